The second-order valence-corrected chi connectivity index (χ2v) is 22.9. The average molecular weight is 1380 g/mol. The van der Waals surface area contributed by atoms with E-state index in [1.165, 1.54) is 86.8 Å². The van der Waals surface area contributed by atoms with Gasteiger partial charge in [0.15, 0.2) is 29.0 Å². The van der Waals surface area contributed by atoms with Crippen LogP contribution in [0.2, 0.25) is 5.15 Å². The number of carbonyl (C=O) groups excluding carboxylic acids is 4. The predicted molar refractivity (Wildman–Crippen MR) is 363 cm³/mol. The summed E-state index contributed by atoms with van der Waals surface area (Å²) >= 11 is 6.05. The number of halogens is 4. The monoisotopic (exact) mass is 1370 g/mol. The molecule has 7 heterocycles. The molecule has 31 heteroatoms. The highest BCUT2D eigenvalue weighted by molar-refractivity contribution is 6.29. The lowest BCUT2D eigenvalue weighted by molar-refractivity contribution is -0.160. The van der Waals surface area contributed by atoms with Crippen LogP contribution in [0.5, 0.6) is 17.2 Å². The first-order chi connectivity index (χ1) is 45.7. The molecule has 3 aromatic carbocycles. The zero-order valence-corrected chi connectivity index (χ0v) is 56.9. The Balaban J connectivity index is 0.000000204. The van der Waals surface area contributed by atoms with Gasteiger partial charge in [0.1, 0.15) is 59.6 Å². The van der Waals surface area contributed by atoms with Crippen molar-refractivity contribution in [1.29, 1.82) is 0 Å². The number of carbonyl (C=O) groups is 4. The average Bonchev–Trinajstić information content (AvgIpc) is 1.56. The number of nitrogens with zero attached hydrogens (tertiary/aromatic N) is 15. The Morgan fingerprint density at radius 2 is 1.02 bits per heavy atom. The molecule has 0 bridgehead atoms. The van der Waals surface area contributed by atoms with Crippen LogP contribution in [-0.2, 0) is 33.4 Å². The van der Waals surface area contributed by atoms with Crippen LogP contribution < -0.4 is 24.8 Å². The van der Waals surface area contributed by atoms with E-state index >= 15 is 0 Å². The molecule has 2 aliphatic heterocycles. The standard InChI is InChI=1S/C18H20N4O3.C16H20ClN5O2.C16H16F2N4O2.C16H18N4O3.ClH/c1-12(2)24-16-9-14(8-15(10-16)19-5)18-20-11-22(21-18)7-6-17(23)25-13(3)4;1-10(2)19-14-8-12(7-13(17)20-14)16-18-9-22(21-16)6-5-15(23)24-11(3)4;1-11-5-12(7-13(6-11)24-2)15-19-10-22(20-15)4-3-14(23)21-8-16(17,18)9-21;1-11-5-12(7-13(6-11)22-2)16-18-10-20(19-16)4-3-15(21)23-14-8-17-9-14;/h6-13H,1-4H3;5-11H,1-4H3,(H,19,20);3-7,10H,8-9H2,1-2H3;3-7,10,14,17H,8-9H2,1-2H3;1H/b7-6-;6-5-;2*4-3-;. The Morgan fingerprint density at radius 1 is 0.598 bits per heavy atom. The second-order valence-electron chi connectivity index (χ2n) is 22.5. The summed E-state index contributed by atoms with van der Waals surface area (Å²) in [6.07, 6.45) is 16.6. The molecule has 10 rings (SSSR count). The maximum absolute atomic E-state index is 12.7. The van der Waals surface area contributed by atoms with Gasteiger partial charge in [-0.3, -0.25) is 4.79 Å². The highest BCUT2D eigenvalue weighted by Gasteiger charge is 2.45. The minimum atomic E-state index is -2.77. The fourth-order valence-corrected chi connectivity index (χ4v) is 8.64. The highest BCUT2D eigenvalue weighted by atomic mass is 35.5. The molecule has 2 saturated heterocycles. The van der Waals surface area contributed by atoms with Gasteiger partial charge in [0.05, 0.1) is 52.2 Å². The summed E-state index contributed by atoms with van der Waals surface area (Å²) in [5, 5.41) is 23.7. The molecular weight excluding hydrogens is 1300 g/mol. The molecule has 0 spiro atoms. The molecule has 1 amide bonds. The van der Waals surface area contributed by atoms with Crippen molar-refractivity contribution in [2.45, 2.75) is 106 Å². The third-order valence-electron chi connectivity index (χ3n) is 12.6. The minimum Gasteiger partial charge on any atom is -0.497 e. The number of rotatable bonds is 21. The van der Waals surface area contributed by atoms with Crippen LogP contribution in [0.4, 0.5) is 20.3 Å². The van der Waals surface area contributed by atoms with Crippen molar-refractivity contribution in [2.24, 2.45) is 0 Å². The fraction of sp³-hybridized carbons (Fsp3) is 0.333. The van der Waals surface area contributed by atoms with Crippen molar-refractivity contribution in [1.82, 2.24) is 74.3 Å². The van der Waals surface area contributed by atoms with Gasteiger partial charge in [-0.1, -0.05) is 11.6 Å². The molecule has 2 N–H and O–H groups in total. The van der Waals surface area contributed by atoms with Crippen LogP contribution in [-0.4, -0.2) is 170 Å². The largest absolute Gasteiger partial charge is 0.497 e. The summed E-state index contributed by atoms with van der Waals surface area (Å²) in [5.41, 5.74) is 5.55. The first kappa shape index (κ1) is 75.3. The topological polar surface area (TPSA) is 291 Å². The van der Waals surface area contributed by atoms with E-state index in [-0.39, 0.29) is 48.8 Å². The number of methoxy groups -OCH3 is 2. The Morgan fingerprint density at radius 3 is 1.41 bits per heavy atom. The van der Waals surface area contributed by atoms with Gasteiger partial charge in [0.2, 0.25) is 5.91 Å². The van der Waals surface area contributed by atoms with Gasteiger partial charge >= 0.3 is 17.9 Å². The minimum absolute atomic E-state index is 0. The van der Waals surface area contributed by atoms with Gasteiger partial charge in [0.25, 0.3) is 5.92 Å². The number of nitrogens with one attached hydrogen (secondary N) is 2. The first-order valence-corrected chi connectivity index (χ1v) is 30.4. The van der Waals surface area contributed by atoms with Crippen LogP contribution in [0, 0.1) is 20.4 Å². The number of alkyl halides is 2. The van der Waals surface area contributed by atoms with Crippen LogP contribution in [0.25, 0.3) is 75.2 Å². The molecule has 27 nitrogen and oxygen atoms in total. The van der Waals surface area contributed by atoms with Gasteiger partial charge in [-0.2, -0.15) is 0 Å². The maximum Gasteiger partial charge on any atom is 0.332 e. The number of aryl methyl sites for hydroxylation is 2. The van der Waals surface area contributed by atoms with Gasteiger partial charge in [0, 0.05) is 90.5 Å². The highest BCUT2D eigenvalue weighted by Crippen LogP contribution is 2.31. The Bertz CT molecular complexity index is 4140. The smallest absolute Gasteiger partial charge is 0.332 e. The quantitative estimate of drug-likeness (QED) is 0.0222. The fourth-order valence-electron chi connectivity index (χ4n) is 8.44. The Kier molecular flexibility index (Phi) is 27.7. The molecule has 8 aromatic rings. The number of anilines is 1. The molecule has 0 radical (unpaired) electrons. The van der Waals surface area contributed by atoms with E-state index in [1.807, 2.05) is 84.0 Å². The number of esters is 3. The zero-order valence-electron chi connectivity index (χ0n) is 55.3. The van der Waals surface area contributed by atoms with Gasteiger partial charge in [-0.05, 0) is 147 Å². The lowest BCUT2D eigenvalue weighted by Gasteiger charge is -2.37. The summed E-state index contributed by atoms with van der Waals surface area (Å²) in [6.45, 7) is 26.5. The summed E-state index contributed by atoms with van der Waals surface area (Å²) in [6, 6.07) is 20.3. The summed E-state index contributed by atoms with van der Waals surface area (Å²) in [4.78, 5) is 71.9. The molecule has 0 aliphatic carbocycles. The second kappa shape index (κ2) is 35.7. The predicted octanol–water partition coefficient (Wildman–Crippen LogP) is 10.8. The summed E-state index contributed by atoms with van der Waals surface area (Å²) in [5.74, 6) is 0.134. The normalized spacial score (nSPS) is 13.2. The van der Waals surface area contributed by atoms with E-state index in [9.17, 15) is 28.0 Å². The van der Waals surface area contributed by atoms with Crippen molar-refractivity contribution >= 4 is 84.1 Å². The first-order valence-electron chi connectivity index (χ1n) is 30.0. The number of pyridine rings is 1. The third kappa shape index (κ3) is 24.5. The number of benzene rings is 3. The SMILES string of the molecule is CC(C)Nc1cc(-c2ncn(/C=C\C(=O)OC(C)C)n2)cc(Cl)n1.COc1cc(C)cc(-c2ncn(/C=C\C(=O)N3CC(F)(F)C3)n2)c1.COc1cc(C)cc(-c2ncn(/C=C\C(=O)OC3CNC3)n2)c1.Cl.[C-]#[N+]c1cc(OC(C)C)cc(-c2ncn(/C=C\C(=O)OC(C)C)n2)c1. The molecule has 512 valence electrons. The molecule has 0 unspecified atom stereocenters. The van der Waals surface area contributed by atoms with Gasteiger partial charge < -0.3 is 44.0 Å². The van der Waals surface area contributed by atoms with Crippen LogP contribution in [0.1, 0.15) is 66.5 Å². The number of amides is 1. The van der Waals surface area contributed by atoms with E-state index in [0.29, 0.717) is 70.1 Å². The van der Waals surface area contributed by atoms with Crippen LogP contribution in [0.15, 0.2) is 116 Å². The van der Waals surface area contributed by atoms with E-state index in [1.54, 1.807) is 72.5 Å². The van der Waals surface area contributed by atoms with Crippen molar-refractivity contribution < 1.29 is 56.4 Å². The van der Waals surface area contributed by atoms with E-state index in [0.717, 1.165) is 38.5 Å². The molecule has 0 saturated carbocycles. The molecular formula is C66H75Cl2F2N17O10. The number of hydrogen-bond donors (Lipinski definition) is 2. The van der Waals surface area contributed by atoms with Crippen molar-refractivity contribution in [2.75, 3.05) is 45.7 Å². The number of aromatic nitrogens is 13. The van der Waals surface area contributed by atoms with E-state index in [2.05, 4.69) is 60.8 Å². The zero-order chi connectivity index (χ0) is 69.6. The molecule has 0 atom stereocenters. The summed E-state index contributed by atoms with van der Waals surface area (Å²) < 4.78 is 62.5. The lowest BCUT2D eigenvalue weighted by Crippen LogP contribution is -2.58. The molecule has 97 heavy (non-hydrogen) atoms. The van der Waals surface area contributed by atoms with Crippen LogP contribution in [0.3, 0.4) is 0 Å². The van der Waals surface area contributed by atoms with E-state index in [4.69, 9.17) is 46.6 Å². The third-order valence-corrected chi connectivity index (χ3v) is 12.8. The van der Waals surface area contributed by atoms with Crippen molar-refractivity contribution in [3.05, 3.63) is 144 Å². The van der Waals surface area contributed by atoms with Gasteiger partial charge in [-0.15, -0.1) is 32.8 Å². The number of ether oxygens (including phenoxy) is 6. The maximum atomic E-state index is 12.7. The molecule has 2 fully saturated rings. The van der Waals surface area contributed by atoms with E-state index < -0.39 is 36.9 Å². The Labute approximate surface area is 570 Å². The molecule has 2 aliphatic rings. The number of hydrogen-bond acceptors (Lipinski definition) is 21. The lowest BCUT2D eigenvalue weighted by atomic mass is 10.1. The van der Waals surface area contributed by atoms with Gasteiger partial charge in [-0.25, -0.2) is 71.7 Å². The van der Waals surface area contributed by atoms with Crippen LogP contribution >= 0.6 is 24.0 Å². The van der Waals surface area contributed by atoms with Crippen molar-refractivity contribution in [3.63, 3.8) is 0 Å². The Hall–Kier alpha value is -10.7. The number of likely N-dealkylation sites (tertiary alicyclic amines) is 1. The molecule has 5 aromatic heterocycles. The van der Waals surface area contributed by atoms with Crippen molar-refractivity contribution in [3.8, 4) is 62.8 Å². The summed E-state index contributed by atoms with van der Waals surface area (Å²) in [7, 11) is 3.20.